The highest BCUT2D eigenvalue weighted by atomic mass is 16.5. The molecule has 6 heteroatoms. The fraction of sp³-hybridized carbons (Fsp3) is 0.500. The van der Waals surface area contributed by atoms with Crippen LogP contribution in [-0.4, -0.2) is 62.1 Å². The first kappa shape index (κ1) is 18.9. The van der Waals surface area contributed by atoms with Crippen molar-refractivity contribution in [3.05, 3.63) is 47.9 Å². The molecule has 1 aromatic carbocycles. The Kier molecular flexibility index (Phi) is 5.57. The zero-order chi connectivity index (χ0) is 19.5. The molecule has 1 amide bonds. The number of nitrogens with zero attached hydrogens (tertiary/aromatic N) is 2. The molecule has 1 unspecified atom stereocenters. The van der Waals surface area contributed by atoms with Gasteiger partial charge in [-0.05, 0) is 61.6 Å². The predicted octanol–water partition coefficient (Wildman–Crippen LogP) is 3.39. The molecule has 3 heterocycles. The van der Waals surface area contributed by atoms with Crippen LogP contribution in [0.3, 0.4) is 0 Å². The van der Waals surface area contributed by atoms with Gasteiger partial charge >= 0.3 is 0 Å². The van der Waals surface area contributed by atoms with Crippen molar-refractivity contribution in [3.8, 4) is 11.5 Å². The monoisotopic (exact) mass is 384 g/mol. The van der Waals surface area contributed by atoms with E-state index in [-0.39, 0.29) is 5.91 Å². The molecule has 6 nitrogen and oxygen atoms in total. The molecule has 0 bridgehead atoms. The second kappa shape index (κ2) is 8.27. The van der Waals surface area contributed by atoms with E-state index in [1.54, 1.807) is 32.6 Å². The molecule has 1 aromatic heterocycles. The molecule has 0 N–H and O–H groups in total. The van der Waals surface area contributed by atoms with Crippen molar-refractivity contribution in [3.63, 3.8) is 0 Å². The minimum Gasteiger partial charge on any atom is -0.497 e. The molecule has 0 saturated carbocycles. The third-order valence-electron chi connectivity index (χ3n) is 6.06. The van der Waals surface area contributed by atoms with Gasteiger partial charge in [-0.3, -0.25) is 9.69 Å². The van der Waals surface area contributed by atoms with Crippen LogP contribution < -0.4 is 9.47 Å². The summed E-state index contributed by atoms with van der Waals surface area (Å²) in [6, 6.07) is 10.2. The average Bonchev–Trinajstić information content (AvgIpc) is 3.45. The van der Waals surface area contributed by atoms with Crippen molar-refractivity contribution in [2.45, 2.75) is 31.2 Å². The molecule has 2 aliphatic rings. The number of furan rings is 1. The summed E-state index contributed by atoms with van der Waals surface area (Å²) in [5.74, 6) is 2.62. The van der Waals surface area contributed by atoms with Gasteiger partial charge in [0.2, 0.25) is 0 Å². The number of carbonyl (C=O) groups excluding carboxylic acids is 1. The Morgan fingerprint density at radius 1 is 1.04 bits per heavy atom. The van der Waals surface area contributed by atoms with Gasteiger partial charge in [0.15, 0.2) is 5.76 Å². The van der Waals surface area contributed by atoms with Crippen molar-refractivity contribution in [1.29, 1.82) is 0 Å². The zero-order valence-electron chi connectivity index (χ0n) is 16.6. The number of ether oxygens (including phenoxy) is 2. The van der Waals surface area contributed by atoms with Crippen LogP contribution in [-0.2, 0) is 0 Å². The fourth-order valence-corrected chi connectivity index (χ4v) is 4.45. The molecule has 2 aromatic rings. The molecular formula is C22H28N2O4. The number of amides is 1. The average molecular weight is 384 g/mol. The molecule has 2 fully saturated rings. The first-order valence-corrected chi connectivity index (χ1v) is 9.97. The molecular weight excluding hydrogens is 356 g/mol. The van der Waals surface area contributed by atoms with Crippen LogP contribution in [0, 0.1) is 0 Å². The second-order valence-corrected chi connectivity index (χ2v) is 7.63. The smallest absolute Gasteiger partial charge is 0.289 e. The minimum atomic E-state index is 0.00576. The van der Waals surface area contributed by atoms with Gasteiger partial charge in [-0.25, -0.2) is 0 Å². The van der Waals surface area contributed by atoms with Gasteiger partial charge in [-0.15, -0.1) is 0 Å². The largest absolute Gasteiger partial charge is 0.497 e. The summed E-state index contributed by atoms with van der Waals surface area (Å²) in [6.45, 7) is 3.73. The van der Waals surface area contributed by atoms with E-state index in [0.29, 0.717) is 17.7 Å². The van der Waals surface area contributed by atoms with E-state index in [1.807, 2.05) is 11.0 Å². The molecule has 4 rings (SSSR count). The standard InChI is InChI=1S/C22H28N2O4/c1-26-19-12-17(13-20(14-19)27-2)16-5-8-24(15-16)18-6-9-23(10-7-18)22(25)21-4-3-11-28-21/h3-4,11-14,16,18H,5-10,15H2,1-2H3. The van der Waals surface area contributed by atoms with Crippen molar-refractivity contribution < 1.29 is 18.7 Å². The van der Waals surface area contributed by atoms with Crippen LogP contribution in [0.4, 0.5) is 0 Å². The Labute approximate surface area is 166 Å². The minimum absolute atomic E-state index is 0.00576. The Bertz CT molecular complexity index is 775. The quantitative estimate of drug-likeness (QED) is 0.791. The van der Waals surface area contributed by atoms with Crippen LogP contribution in [0.2, 0.25) is 0 Å². The molecule has 2 saturated heterocycles. The molecule has 2 aliphatic heterocycles. The van der Waals surface area contributed by atoms with E-state index in [0.717, 1.165) is 56.9 Å². The predicted molar refractivity (Wildman–Crippen MR) is 106 cm³/mol. The molecule has 0 radical (unpaired) electrons. The maximum atomic E-state index is 12.4. The molecule has 0 spiro atoms. The lowest BCUT2D eigenvalue weighted by atomic mass is 9.97. The summed E-state index contributed by atoms with van der Waals surface area (Å²) in [6.07, 6.45) is 4.72. The van der Waals surface area contributed by atoms with E-state index in [4.69, 9.17) is 13.9 Å². The van der Waals surface area contributed by atoms with Gasteiger partial charge < -0.3 is 18.8 Å². The Balaban J connectivity index is 1.35. The number of piperidine rings is 1. The summed E-state index contributed by atoms with van der Waals surface area (Å²) >= 11 is 0. The molecule has 28 heavy (non-hydrogen) atoms. The van der Waals surface area contributed by atoms with Crippen molar-refractivity contribution in [2.24, 2.45) is 0 Å². The number of hydrogen-bond donors (Lipinski definition) is 0. The lowest BCUT2D eigenvalue weighted by Gasteiger charge is -2.36. The highest BCUT2D eigenvalue weighted by Gasteiger charge is 2.33. The van der Waals surface area contributed by atoms with Crippen molar-refractivity contribution in [2.75, 3.05) is 40.4 Å². The lowest BCUT2D eigenvalue weighted by Crippen LogP contribution is -2.46. The number of rotatable bonds is 5. The van der Waals surface area contributed by atoms with Gasteiger partial charge in [0.25, 0.3) is 5.91 Å². The SMILES string of the molecule is COc1cc(OC)cc(C2CCN(C3CCN(C(=O)c4ccco4)CC3)C2)c1. The van der Waals surface area contributed by atoms with Gasteiger partial charge in [0.1, 0.15) is 11.5 Å². The molecule has 0 aliphatic carbocycles. The third-order valence-corrected chi connectivity index (χ3v) is 6.06. The van der Waals surface area contributed by atoms with E-state index in [1.165, 1.54) is 5.56 Å². The van der Waals surface area contributed by atoms with E-state index in [9.17, 15) is 4.79 Å². The summed E-state index contributed by atoms with van der Waals surface area (Å²) in [5, 5.41) is 0. The lowest BCUT2D eigenvalue weighted by molar-refractivity contribution is 0.0613. The highest BCUT2D eigenvalue weighted by Crippen LogP contribution is 2.35. The molecule has 150 valence electrons. The Hall–Kier alpha value is -2.47. The number of carbonyl (C=O) groups is 1. The summed E-state index contributed by atoms with van der Waals surface area (Å²) in [7, 11) is 3.38. The van der Waals surface area contributed by atoms with Crippen molar-refractivity contribution in [1.82, 2.24) is 9.80 Å². The summed E-state index contributed by atoms with van der Waals surface area (Å²) < 4.78 is 16.1. The molecule has 1 atom stereocenters. The topological polar surface area (TPSA) is 55.2 Å². The van der Waals surface area contributed by atoms with Crippen LogP contribution in [0.25, 0.3) is 0 Å². The van der Waals surface area contributed by atoms with E-state index < -0.39 is 0 Å². The first-order chi connectivity index (χ1) is 13.7. The Morgan fingerprint density at radius 3 is 2.36 bits per heavy atom. The van der Waals surface area contributed by atoms with Gasteiger partial charge in [0, 0.05) is 31.7 Å². The second-order valence-electron chi connectivity index (χ2n) is 7.63. The third kappa shape index (κ3) is 3.87. The van der Waals surface area contributed by atoms with Crippen LogP contribution in [0.15, 0.2) is 41.0 Å². The number of benzene rings is 1. The van der Waals surface area contributed by atoms with Crippen LogP contribution in [0.5, 0.6) is 11.5 Å². The highest BCUT2D eigenvalue weighted by molar-refractivity contribution is 5.91. The first-order valence-electron chi connectivity index (χ1n) is 9.97. The maximum absolute atomic E-state index is 12.4. The zero-order valence-corrected chi connectivity index (χ0v) is 16.6. The summed E-state index contributed by atoms with van der Waals surface area (Å²) in [4.78, 5) is 16.9. The maximum Gasteiger partial charge on any atom is 0.289 e. The van der Waals surface area contributed by atoms with E-state index >= 15 is 0 Å². The van der Waals surface area contributed by atoms with Crippen LogP contribution >= 0.6 is 0 Å². The van der Waals surface area contributed by atoms with E-state index in [2.05, 4.69) is 17.0 Å². The van der Waals surface area contributed by atoms with Gasteiger partial charge in [0.05, 0.1) is 20.5 Å². The number of hydrogen-bond acceptors (Lipinski definition) is 5. The number of methoxy groups -OCH3 is 2. The van der Waals surface area contributed by atoms with Crippen molar-refractivity contribution >= 4 is 5.91 Å². The Morgan fingerprint density at radius 2 is 1.75 bits per heavy atom. The van der Waals surface area contributed by atoms with Gasteiger partial charge in [-0.1, -0.05) is 0 Å². The summed E-state index contributed by atoms with van der Waals surface area (Å²) in [5.41, 5.74) is 1.28. The normalized spacial score (nSPS) is 21.1. The fourth-order valence-electron chi connectivity index (χ4n) is 4.45. The van der Waals surface area contributed by atoms with Gasteiger partial charge in [-0.2, -0.15) is 0 Å². The number of likely N-dealkylation sites (tertiary alicyclic amines) is 2. The van der Waals surface area contributed by atoms with Crippen LogP contribution in [0.1, 0.15) is 41.3 Å².